The molecule has 2 N–H and O–H groups in total. The van der Waals surface area contributed by atoms with Gasteiger partial charge in [-0.15, -0.1) is 11.3 Å². The van der Waals surface area contributed by atoms with E-state index in [9.17, 15) is 9.59 Å². The van der Waals surface area contributed by atoms with Crippen molar-refractivity contribution < 1.29 is 14.3 Å². The van der Waals surface area contributed by atoms with Crippen molar-refractivity contribution in [2.24, 2.45) is 0 Å². The van der Waals surface area contributed by atoms with Gasteiger partial charge in [0.1, 0.15) is 5.00 Å². The number of unbranched alkanes of at least 4 members (excludes halogenated alkanes) is 2. The zero-order valence-electron chi connectivity index (χ0n) is 14.2. The van der Waals surface area contributed by atoms with E-state index >= 15 is 0 Å². The number of carbonyl (C=O) groups excluding carboxylic acids is 2. The van der Waals surface area contributed by atoms with Crippen LogP contribution in [0.3, 0.4) is 0 Å². The topological polar surface area (TPSA) is 67.4 Å². The molecular formula is C17H24N2O3S2. The van der Waals surface area contributed by atoms with Crippen LogP contribution in [0.15, 0.2) is 0 Å². The highest BCUT2D eigenvalue weighted by Crippen LogP contribution is 2.39. The molecule has 5 nitrogen and oxygen atoms in total. The normalized spacial score (nSPS) is 12.6. The quantitative estimate of drug-likeness (QED) is 0.435. The highest BCUT2D eigenvalue weighted by Gasteiger charge is 2.28. The molecule has 1 aromatic heterocycles. The van der Waals surface area contributed by atoms with Crippen LogP contribution in [-0.4, -0.2) is 23.6 Å². The summed E-state index contributed by atoms with van der Waals surface area (Å²) in [5, 5.41) is 6.62. The van der Waals surface area contributed by atoms with Gasteiger partial charge in [0.05, 0.1) is 12.2 Å². The molecule has 1 aliphatic carbocycles. The van der Waals surface area contributed by atoms with Crippen LogP contribution >= 0.6 is 23.6 Å². The van der Waals surface area contributed by atoms with Crippen LogP contribution in [0.1, 0.15) is 66.8 Å². The Balaban J connectivity index is 2.02. The highest BCUT2D eigenvalue weighted by atomic mass is 32.1. The number of aryl methyl sites for hydroxylation is 1. The van der Waals surface area contributed by atoms with E-state index < -0.39 is 0 Å². The molecule has 0 radical (unpaired) electrons. The van der Waals surface area contributed by atoms with Gasteiger partial charge in [0.15, 0.2) is 5.11 Å². The molecule has 2 rings (SSSR count). The minimum absolute atomic E-state index is 0.0947. The Kier molecular flexibility index (Phi) is 7.17. The Hall–Kier alpha value is -1.47. The monoisotopic (exact) mass is 368 g/mol. The summed E-state index contributed by atoms with van der Waals surface area (Å²) in [7, 11) is 0. The number of ether oxygens (including phenoxy) is 1. The number of nitrogens with one attached hydrogen (secondary N) is 2. The summed E-state index contributed by atoms with van der Waals surface area (Å²) >= 11 is 6.75. The molecule has 0 fully saturated rings. The van der Waals surface area contributed by atoms with E-state index in [1.807, 2.05) is 0 Å². The first-order valence-electron chi connectivity index (χ1n) is 8.49. The molecule has 1 aliphatic rings. The Bertz CT molecular complexity index is 626. The second kappa shape index (κ2) is 9.13. The molecule has 0 aliphatic heterocycles. The number of esters is 1. The van der Waals surface area contributed by atoms with E-state index in [4.69, 9.17) is 17.0 Å². The first kappa shape index (κ1) is 18.9. The zero-order valence-corrected chi connectivity index (χ0v) is 15.8. The molecule has 24 heavy (non-hydrogen) atoms. The molecular weight excluding hydrogens is 344 g/mol. The number of thiophene rings is 1. The average molecular weight is 369 g/mol. The SMILES string of the molecule is CCCCCC(=O)NC(=S)Nc1sc2c(c1C(=O)OCC)CCC2. The highest BCUT2D eigenvalue weighted by molar-refractivity contribution is 7.80. The van der Waals surface area contributed by atoms with Crippen LogP contribution in [0, 0.1) is 0 Å². The van der Waals surface area contributed by atoms with Crippen LogP contribution in [0.4, 0.5) is 5.00 Å². The fourth-order valence-corrected chi connectivity index (χ4v) is 4.33. The lowest BCUT2D eigenvalue weighted by Gasteiger charge is -2.10. The standard InChI is InChI=1S/C17H24N2O3S2/c1-3-5-6-10-13(20)18-17(23)19-15-14(16(21)22-4-2)11-8-7-9-12(11)24-15/h3-10H2,1-2H3,(H2,18,19,20,23). The van der Waals surface area contributed by atoms with E-state index in [1.54, 1.807) is 6.92 Å². The van der Waals surface area contributed by atoms with Gasteiger partial charge in [0.2, 0.25) is 5.91 Å². The van der Waals surface area contributed by atoms with Gasteiger partial charge in [-0.05, 0) is 50.4 Å². The molecule has 0 unspecified atom stereocenters. The van der Waals surface area contributed by atoms with Crippen LogP contribution in [0.2, 0.25) is 0 Å². The predicted molar refractivity (Wildman–Crippen MR) is 101 cm³/mol. The first-order valence-corrected chi connectivity index (χ1v) is 9.71. The maximum Gasteiger partial charge on any atom is 0.341 e. The molecule has 132 valence electrons. The summed E-state index contributed by atoms with van der Waals surface area (Å²) in [5.74, 6) is -0.417. The molecule has 1 amide bonds. The average Bonchev–Trinajstić information content (AvgIpc) is 3.07. The number of anilines is 1. The number of hydrogen-bond acceptors (Lipinski definition) is 5. The van der Waals surface area contributed by atoms with Crippen LogP contribution in [0.5, 0.6) is 0 Å². The van der Waals surface area contributed by atoms with Crippen LogP contribution in [-0.2, 0) is 22.4 Å². The van der Waals surface area contributed by atoms with Crippen molar-refractivity contribution in [3.05, 3.63) is 16.0 Å². The van der Waals surface area contributed by atoms with E-state index in [0.717, 1.165) is 44.1 Å². The zero-order chi connectivity index (χ0) is 17.5. The van der Waals surface area contributed by atoms with Crippen molar-refractivity contribution in [2.75, 3.05) is 11.9 Å². The van der Waals surface area contributed by atoms with Crippen LogP contribution < -0.4 is 10.6 Å². The van der Waals surface area contributed by atoms with Gasteiger partial charge >= 0.3 is 5.97 Å². The molecule has 0 atom stereocenters. The Morgan fingerprint density at radius 1 is 1.25 bits per heavy atom. The van der Waals surface area contributed by atoms with E-state index in [2.05, 4.69) is 17.6 Å². The lowest BCUT2D eigenvalue weighted by Crippen LogP contribution is -2.34. The summed E-state index contributed by atoms with van der Waals surface area (Å²) in [5.41, 5.74) is 1.65. The summed E-state index contributed by atoms with van der Waals surface area (Å²) in [6, 6.07) is 0. The van der Waals surface area contributed by atoms with Gasteiger partial charge in [-0.2, -0.15) is 0 Å². The molecule has 0 spiro atoms. The number of thiocarbonyl (C=S) groups is 1. The lowest BCUT2D eigenvalue weighted by atomic mass is 10.1. The maximum absolute atomic E-state index is 12.3. The Morgan fingerprint density at radius 2 is 2.04 bits per heavy atom. The van der Waals surface area contributed by atoms with Gasteiger partial charge in [0.25, 0.3) is 0 Å². The van der Waals surface area contributed by atoms with Crippen molar-refractivity contribution in [1.29, 1.82) is 0 Å². The third-order valence-corrected chi connectivity index (χ3v) is 5.30. The molecule has 0 saturated heterocycles. The number of carbonyl (C=O) groups is 2. The van der Waals surface area contributed by atoms with E-state index in [-0.39, 0.29) is 17.0 Å². The van der Waals surface area contributed by atoms with Crippen molar-refractivity contribution in [3.8, 4) is 0 Å². The molecule has 0 aromatic carbocycles. The third kappa shape index (κ3) is 4.77. The number of amides is 1. The van der Waals surface area contributed by atoms with Crippen molar-refractivity contribution in [3.63, 3.8) is 0 Å². The van der Waals surface area contributed by atoms with Gasteiger partial charge in [-0.25, -0.2) is 4.79 Å². The fraction of sp³-hybridized carbons (Fsp3) is 0.588. The first-order chi connectivity index (χ1) is 11.6. The predicted octanol–water partition coefficient (Wildman–Crippen LogP) is 3.81. The summed E-state index contributed by atoms with van der Waals surface area (Å²) < 4.78 is 5.18. The molecule has 0 saturated carbocycles. The smallest absolute Gasteiger partial charge is 0.341 e. The minimum atomic E-state index is -0.323. The fourth-order valence-electron chi connectivity index (χ4n) is 2.77. The van der Waals surface area contributed by atoms with Crippen molar-refractivity contribution in [1.82, 2.24) is 5.32 Å². The summed E-state index contributed by atoms with van der Waals surface area (Å²) in [6.45, 7) is 4.22. The minimum Gasteiger partial charge on any atom is -0.462 e. The van der Waals surface area contributed by atoms with E-state index in [1.165, 1.54) is 16.2 Å². The summed E-state index contributed by atoms with van der Waals surface area (Å²) in [4.78, 5) is 25.3. The van der Waals surface area contributed by atoms with Crippen molar-refractivity contribution in [2.45, 2.75) is 58.8 Å². The summed E-state index contributed by atoms with van der Waals surface area (Å²) in [6.07, 6.45) is 6.33. The molecule has 1 aromatic rings. The van der Waals surface area contributed by atoms with Crippen molar-refractivity contribution >= 4 is 45.5 Å². The molecule has 7 heteroatoms. The molecule has 1 heterocycles. The third-order valence-electron chi connectivity index (χ3n) is 3.89. The molecule has 0 bridgehead atoms. The van der Waals surface area contributed by atoms with Gasteiger partial charge in [-0.3, -0.25) is 4.79 Å². The van der Waals surface area contributed by atoms with Gasteiger partial charge in [-0.1, -0.05) is 19.8 Å². The Labute approximate surface area is 152 Å². The lowest BCUT2D eigenvalue weighted by molar-refractivity contribution is -0.119. The maximum atomic E-state index is 12.3. The van der Waals surface area contributed by atoms with E-state index in [0.29, 0.717) is 23.6 Å². The van der Waals surface area contributed by atoms with Crippen LogP contribution in [0.25, 0.3) is 0 Å². The second-order valence-electron chi connectivity index (χ2n) is 5.74. The Morgan fingerprint density at radius 3 is 2.75 bits per heavy atom. The number of fused-ring (bicyclic) bond motifs is 1. The number of hydrogen-bond donors (Lipinski definition) is 2. The largest absolute Gasteiger partial charge is 0.462 e. The number of rotatable bonds is 7. The van der Waals surface area contributed by atoms with Gasteiger partial charge in [0, 0.05) is 11.3 Å². The second-order valence-corrected chi connectivity index (χ2v) is 7.25. The van der Waals surface area contributed by atoms with Gasteiger partial charge < -0.3 is 15.4 Å².